The van der Waals surface area contributed by atoms with Gasteiger partial charge in [-0.2, -0.15) is 0 Å². The van der Waals surface area contributed by atoms with Gasteiger partial charge in [-0.1, -0.05) is 55.5 Å². The van der Waals surface area contributed by atoms with Crippen molar-refractivity contribution in [3.8, 4) is 0 Å². The van der Waals surface area contributed by atoms with E-state index in [1.54, 1.807) is 7.05 Å². The lowest BCUT2D eigenvalue weighted by molar-refractivity contribution is -0.136. The number of nitrogens with one attached hydrogen (secondary N) is 3. The Morgan fingerprint density at radius 2 is 1.49 bits per heavy atom. The van der Waals surface area contributed by atoms with E-state index in [4.69, 9.17) is 29.4 Å². The van der Waals surface area contributed by atoms with Gasteiger partial charge >= 0.3 is 5.69 Å². The topological polar surface area (TPSA) is 224 Å². The number of carbonyl (C=O) groups excluding carboxylic acids is 5. The molecule has 1 saturated heterocycles. The lowest BCUT2D eigenvalue weighted by Crippen LogP contribution is -2.50. The van der Waals surface area contributed by atoms with Crippen LogP contribution in [0.15, 0.2) is 65.5 Å². The van der Waals surface area contributed by atoms with Crippen molar-refractivity contribution in [2.45, 2.75) is 115 Å². The van der Waals surface area contributed by atoms with Crippen LogP contribution in [0.5, 0.6) is 0 Å². The minimum Gasteiger partial charge on any atom is -0.379 e. The zero-order valence-corrected chi connectivity index (χ0v) is 42.1. The summed E-state index contributed by atoms with van der Waals surface area (Å²) in [6.45, 7) is 8.41. The highest BCUT2D eigenvalue weighted by Gasteiger charge is 2.39. The summed E-state index contributed by atoms with van der Waals surface area (Å²) in [7, 11) is 1.69. The number of nitrogens with two attached hydrogens (primary N) is 1. The Balaban J connectivity index is 0.682. The Hall–Kier alpha value is -5.76. The highest BCUT2D eigenvalue weighted by molar-refractivity contribution is 6.00. The molecule has 0 bridgehead atoms. The van der Waals surface area contributed by atoms with E-state index >= 15 is 0 Å². The van der Waals surface area contributed by atoms with E-state index in [-0.39, 0.29) is 72.9 Å². The Morgan fingerprint density at radius 1 is 0.806 bits per heavy atom. The second-order valence-corrected chi connectivity index (χ2v) is 19.2. The van der Waals surface area contributed by atoms with Gasteiger partial charge in [0.25, 0.3) is 0 Å². The summed E-state index contributed by atoms with van der Waals surface area (Å²) in [5, 5.41) is 8.90. The number of anilines is 1. The highest BCUT2D eigenvalue weighted by atomic mass is 16.6. The van der Waals surface area contributed by atoms with Gasteiger partial charge in [0.1, 0.15) is 12.6 Å². The first-order valence-corrected chi connectivity index (χ1v) is 25.6. The van der Waals surface area contributed by atoms with Gasteiger partial charge in [-0.15, -0.1) is 0 Å². The monoisotopic (exact) mass is 996 g/mol. The van der Waals surface area contributed by atoms with Gasteiger partial charge in [-0.05, 0) is 105 Å². The van der Waals surface area contributed by atoms with Crippen LogP contribution in [0.25, 0.3) is 11.0 Å². The number of primary amides is 1. The fourth-order valence-corrected chi connectivity index (χ4v) is 9.84. The fourth-order valence-electron chi connectivity index (χ4n) is 9.84. The molecule has 5 atom stereocenters. The molecule has 390 valence electrons. The van der Waals surface area contributed by atoms with E-state index in [0.29, 0.717) is 84.3 Å². The number of hydrogen-bond acceptors (Lipinski definition) is 12. The number of benzene rings is 3. The smallest absolute Gasteiger partial charge is 0.329 e. The van der Waals surface area contributed by atoms with E-state index in [1.165, 1.54) is 20.3 Å². The summed E-state index contributed by atoms with van der Waals surface area (Å²) < 4.78 is 31.7. The lowest BCUT2D eigenvalue weighted by atomic mass is 9.99. The molecule has 5 N–H and O–H groups in total. The molecule has 3 aliphatic heterocycles. The molecular formula is C54H73N7O11. The number of imidazole rings is 1. The Kier molecular flexibility index (Phi) is 20.1. The van der Waals surface area contributed by atoms with Gasteiger partial charge in [-0.3, -0.25) is 38.4 Å². The number of para-hydroxylation sites is 1. The van der Waals surface area contributed by atoms with Crippen molar-refractivity contribution in [2.24, 2.45) is 18.7 Å². The molecule has 0 spiro atoms. The number of aromatic nitrogens is 2. The number of fused-ring (bicyclic) bond motifs is 1. The summed E-state index contributed by atoms with van der Waals surface area (Å²) >= 11 is 0. The Morgan fingerprint density at radius 3 is 2.22 bits per heavy atom. The third kappa shape index (κ3) is 14.7. The molecule has 7 rings (SSSR count). The molecule has 3 aliphatic rings. The van der Waals surface area contributed by atoms with Crippen molar-refractivity contribution in [1.29, 1.82) is 0 Å². The van der Waals surface area contributed by atoms with Crippen LogP contribution in [-0.2, 0) is 87.0 Å². The molecule has 4 heterocycles. The molecular weight excluding hydrogens is 923 g/mol. The van der Waals surface area contributed by atoms with E-state index in [1.807, 2.05) is 36.9 Å². The third-order valence-corrected chi connectivity index (χ3v) is 13.9. The number of imide groups is 1. The van der Waals surface area contributed by atoms with Crippen molar-refractivity contribution in [3.63, 3.8) is 0 Å². The molecule has 3 aromatic carbocycles. The lowest BCUT2D eigenvalue weighted by Gasteiger charge is -2.31. The molecule has 0 radical (unpaired) electrons. The molecule has 1 aromatic heterocycles. The van der Waals surface area contributed by atoms with E-state index in [2.05, 4.69) is 58.4 Å². The van der Waals surface area contributed by atoms with Crippen LogP contribution in [0.2, 0.25) is 0 Å². The molecule has 18 nitrogen and oxygen atoms in total. The second-order valence-electron chi connectivity index (χ2n) is 19.2. The largest absolute Gasteiger partial charge is 0.379 e. The van der Waals surface area contributed by atoms with Crippen LogP contribution in [0.1, 0.15) is 92.7 Å². The van der Waals surface area contributed by atoms with E-state index in [0.717, 1.165) is 72.8 Å². The maximum absolute atomic E-state index is 13.5. The first kappa shape index (κ1) is 54.0. The average molecular weight is 996 g/mol. The predicted molar refractivity (Wildman–Crippen MR) is 271 cm³/mol. The van der Waals surface area contributed by atoms with Gasteiger partial charge in [0, 0.05) is 51.5 Å². The molecule has 18 heteroatoms. The first-order valence-electron chi connectivity index (χ1n) is 25.6. The minimum absolute atomic E-state index is 0.00436. The number of piperidine rings is 1. The fraction of sp³-hybridized carbons (Fsp3) is 0.556. The standard InChI is InChI=1S/C54H73N7O11/c1-36-11-17-41-9-4-10-42-32-43(60(51(41)42)53(36)66)33-57-44(18-21-48(55)62)37(2)72-34-40-14-12-38(13-15-40)7-5-23-56-50(64)35-71-30-29-70-28-27-69-26-25-68-24-6-8-39-16-19-45-47(31-39)59(3)54(67)61(45)46-20-22-49(63)58-52(46)65/h4,9-10,12-16,19,31,36-37,43-44,46,57H,5-8,11,17-18,20-30,32-35H2,1-3H3,(H2,55,62)(H,56,64)(H,58,63,65)/t36-,37+,43-,44-,46?/m0/s1. The minimum atomic E-state index is -0.706. The summed E-state index contributed by atoms with van der Waals surface area (Å²) in [6, 6.07) is 19.6. The number of nitrogens with zero attached hydrogens (tertiary/aromatic N) is 3. The third-order valence-electron chi connectivity index (χ3n) is 13.9. The molecule has 4 aromatic rings. The van der Waals surface area contributed by atoms with Crippen LogP contribution < -0.4 is 32.3 Å². The molecule has 1 unspecified atom stereocenters. The number of hydrogen-bond donors (Lipinski definition) is 4. The van der Waals surface area contributed by atoms with Crippen molar-refractivity contribution in [2.75, 3.05) is 70.8 Å². The predicted octanol–water partition coefficient (Wildman–Crippen LogP) is 3.73. The van der Waals surface area contributed by atoms with Crippen molar-refractivity contribution in [3.05, 3.63) is 99.0 Å². The SMILES string of the molecule is C[C@H]1CCc2cccc3c2N(C1=O)[C@H](CN[C@@H](CCC(N)=O)[C@@H](C)OCc1ccc(CCCNC(=O)COCCOCCOCCOCCCc2ccc4c(c2)n(C)c(=O)n4C2CCC(=O)NC2=O)cc1)C3. The van der Waals surface area contributed by atoms with Crippen molar-refractivity contribution in [1.82, 2.24) is 25.1 Å². The summed E-state index contributed by atoms with van der Waals surface area (Å²) in [4.78, 5) is 76.7. The zero-order valence-electron chi connectivity index (χ0n) is 42.1. The number of aryl methyl sites for hydroxylation is 4. The first-order chi connectivity index (χ1) is 34.9. The van der Waals surface area contributed by atoms with E-state index < -0.39 is 11.9 Å². The van der Waals surface area contributed by atoms with Gasteiger partial charge < -0.3 is 45.0 Å². The normalized spacial score (nSPS) is 18.5. The molecule has 0 aliphatic carbocycles. The summed E-state index contributed by atoms with van der Waals surface area (Å²) in [6.07, 6.45) is 6.74. The number of ether oxygens (including phenoxy) is 5. The van der Waals surface area contributed by atoms with Gasteiger partial charge in [-0.25, -0.2) is 4.79 Å². The zero-order chi connectivity index (χ0) is 51.0. The van der Waals surface area contributed by atoms with E-state index in [9.17, 15) is 28.8 Å². The molecule has 0 saturated carbocycles. The summed E-state index contributed by atoms with van der Waals surface area (Å²) in [5.41, 5.74) is 13.5. The quantitative estimate of drug-likeness (QED) is 0.0434. The number of rotatable bonds is 30. The number of amides is 5. The van der Waals surface area contributed by atoms with Gasteiger partial charge in [0.15, 0.2) is 0 Å². The maximum atomic E-state index is 13.5. The van der Waals surface area contributed by atoms with Gasteiger partial charge in [0.2, 0.25) is 29.5 Å². The highest BCUT2D eigenvalue weighted by Crippen LogP contribution is 2.40. The van der Waals surface area contributed by atoms with Crippen LogP contribution in [0.4, 0.5) is 5.69 Å². The molecule has 1 fully saturated rings. The van der Waals surface area contributed by atoms with Crippen LogP contribution in [-0.4, -0.2) is 123 Å². The Bertz CT molecular complexity index is 2540. The number of carbonyl (C=O) groups is 5. The Labute approximate surface area is 421 Å². The van der Waals surface area contributed by atoms with Crippen molar-refractivity contribution < 1.29 is 47.7 Å². The van der Waals surface area contributed by atoms with Crippen molar-refractivity contribution >= 4 is 46.3 Å². The second kappa shape index (κ2) is 26.8. The van der Waals surface area contributed by atoms with Gasteiger partial charge in [0.05, 0.1) is 75.1 Å². The summed E-state index contributed by atoms with van der Waals surface area (Å²) in [5.74, 6) is -1.15. The van der Waals surface area contributed by atoms with Crippen LogP contribution >= 0.6 is 0 Å². The van der Waals surface area contributed by atoms with Crippen LogP contribution in [0.3, 0.4) is 0 Å². The van der Waals surface area contributed by atoms with Crippen LogP contribution in [0, 0.1) is 5.92 Å². The molecule has 5 amide bonds. The average Bonchev–Trinajstić information content (AvgIpc) is 3.82. The molecule has 72 heavy (non-hydrogen) atoms. The maximum Gasteiger partial charge on any atom is 0.329 e.